The first-order valence-corrected chi connectivity index (χ1v) is 9.54. The molecule has 4 rings (SSSR count). The zero-order chi connectivity index (χ0) is 18.1. The van der Waals surface area contributed by atoms with Crippen LogP contribution < -0.4 is 5.32 Å². The van der Waals surface area contributed by atoms with E-state index in [2.05, 4.69) is 50.7 Å². The van der Waals surface area contributed by atoms with Crippen LogP contribution in [0.2, 0.25) is 0 Å². The summed E-state index contributed by atoms with van der Waals surface area (Å²) >= 11 is 0. The molecule has 1 amide bonds. The van der Waals surface area contributed by atoms with Crippen molar-refractivity contribution in [1.82, 2.24) is 20.4 Å². The number of carbonyl (C=O) groups is 1. The first kappa shape index (κ1) is 17.2. The van der Waals surface area contributed by atoms with Gasteiger partial charge in [-0.3, -0.25) is 9.69 Å². The fraction of sp³-hybridized carbons (Fsp3) is 0.550. The molecule has 0 unspecified atom stereocenters. The largest absolute Gasteiger partial charge is 0.347 e. The first-order valence-electron chi connectivity index (χ1n) is 9.54. The predicted octanol–water partition coefficient (Wildman–Crippen LogP) is 3.03. The zero-order valence-electron chi connectivity index (χ0n) is 15.4. The van der Waals surface area contributed by atoms with Gasteiger partial charge in [0.05, 0.1) is 6.54 Å². The Labute approximate surface area is 154 Å². The Balaban J connectivity index is 1.49. The average molecular weight is 354 g/mol. The minimum atomic E-state index is -0.0501. The highest BCUT2D eigenvalue weighted by molar-refractivity contribution is 5.77. The highest BCUT2D eigenvalue weighted by Crippen LogP contribution is 2.48. The van der Waals surface area contributed by atoms with Crippen LogP contribution in [-0.4, -0.2) is 33.5 Å². The summed E-state index contributed by atoms with van der Waals surface area (Å²) in [5, 5.41) is 7.08. The summed E-state index contributed by atoms with van der Waals surface area (Å²) in [6.45, 7) is 5.17. The van der Waals surface area contributed by atoms with Crippen molar-refractivity contribution in [3.63, 3.8) is 0 Å². The van der Waals surface area contributed by atoms with E-state index in [0.717, 1.165) is 18.8 Å². The third-order valence-electron chi connectivity index (χ3n) is 5.62. The van der Waals surface area contributed by atoms with Crippen LogP contribution >= 0.6 is 0 Å². The molecule has 0 aliphatic carbocycles. The second-order valence-electron chi connectivity index (χ2n) is 7.63. The molecule has 6 heteroatoms. The summed E-state index contributed by atoms with van der Waals surface area (Å²) in [7, 11) is 0. The van der Waals surface area contributed by atoms with Crippen molar-refractivity contribution in [3.8, 4) is 0 Å². The number of nitrogens with one attached hydrogen (secondary N) is 1. The van der Waals surface area contributed by atoms with E-state index in [1.807, 2.05) is 13.8 Å². The van der Waals surface area contributed by atoms with Gasteiger partial charge in [0.1, 0.15) is 0 Å². The summed E-state index contributed by atoms with van der Waals surface area (Å²) in [5.74, 6) is 1.51. The second-order valence-corrected chi connectivity index (χ2v) is 7.63. The lowest BCUT2D eigenvalue weighted by Crippen LogP contribution is -2.28. The van der Waals surface area contributed by atoms with Crippen LogP contribution in [0.25, 0.3) is 0 Å². The molecule has 2 aliphatic heterocycles. The number of fused-ring (bicyclic) bond motifs is 1. The second kappa shape index (κ2) is 7.19. The van der Waals surface area contributed by atoms with E-state index >= 15 is 0 Å². The monoisotopic (exact) mass is 354 g/mol. The van der Waals surface area contributed by atoms with Gasteiger partial charge in [-0.05, 0) is 31.4 Å². The minimum Gasteiger partial charge on any atom is -0.347 e. The summed E-state index contributed by atoms with van der Waals surface area (Å²) in [6, 6.07) is 11.6. The van der Waals surface area contributed by atoms with Crippen molar-refractivity contribution in [1.29, 1.82) is 0 Å². The van der Waals surface area contributed by atoms with Crippen LogP contribution in [0.5, 0.6) is 0 Å². The van der Waals surface area contributed by atoms with Gasteiger partial charge < -0.3 is 9.84 Å². The molecule has 2 fully saturated rings. The van der Waals surface area contributed by atoms with E-state index in [0.29, 0.717) is 30.4 Å². The SMILES string of the molecule is CC(C)C(=O)NCc1nc([C@@H]2C[C@H](c3ccccc3)N3CCC[C@@H]23)no1. The number of amides is 1. The molecule has 1 N–H and O–H groups in total. The molecule has 1 aromatic carbocycles. The van der Waals surface area contributed by atoms with Crippen molar-refractivity contribution in [2.24, 2.45) is 5.92 Å². The Bertz CT molecular complexity index is 758. The molecule has 0 spiro atoms. The molecule has 2 aliphatic rings. The lowest BCUT2D eigenvalue weighted by atomic mass is 9.94. The molecule has 0 saturated carbocycles. The lowest BCUT2D eigenvalue weighted by molar-refractivity contribution is -0.124. The van der Waals surface area contributed by atoms with E-state index in [1.165, 1.54) is 18.4 Å². The fourth-order valence-electron chi connectivity index (χ4n) is 4.30. The maximum Gasteiger partial charge on any atom is 0.246 e. The normalized spacial score (nSPS) is 25.6. The summed E-state index contributed by atoms with van der Waals surface area (Å²) in [5.41, 5.74) is 1.37. The molecule has 2 aromatic rings. The standard InChI is InChI=1S/C20H26N4O2/c1-13(2)20(25)21-12-18-22-19(23-26-18)15-11-17(14-7-4-3-5-8-14)24-10-6-9-16(15)24/h3-5,7-8,13,15-17H,6,9-12H2,1-2H3,(H,21,25)/t15-,16+,17-/m1/s1. The highest BCUT2D eigenvalue weighted by Gasteiger charge is 2.46. The van der Waals surface area contributed by atoms with Gasteiger partial charge in [0, 0.05) is 23.9 Å². The number of hydrogen-bond donors (Lipinski definition) is 1. The molecule has 6 nitrogen and oxygen atoms in total. The maximum atomic E-state index is 11.7. The molecule has 138 valence electrons. The number of carbonyl (C=O) groups excluding carboxylic acids is 1. The van der Waals surface area contributed by atoms with Gasteiger partial charge in [-0.1, -0.05) is 49.3 Å². The molecular weight excluding hydrogens is 328 g/mol. The van der Waals surface area contributed by atoms with Crippen molar-refractivity contribution >= 4 is 5.91 Å². The smallest absolute Gasteiger partial charge is 0.246 e. The first-order chi connectivity index (χ1) is 12.6. The Morgan fingerprint density at radius 2 is 2.15 bits per heavy atom. The number of rotatable bonds is 5. The van der Waals surface area contributed by atoms with E-state index < -0.39 is 0 Å². The number of hydrogen-bond acceptors (Lipinski definition) is 5. The third-order valence-corrected chi connectivity index (χ3v) is 5.62. The van der Waals surface area contributed by atoms with E-state index in [-0.39, 0.29) is 11.8 Å². The molecular formula is C20H26N4O2. The topological polar surface area (TPSA) is 71.3 Å². The van der Waals surface area contributed by atoms with Crippen LogP contribution in [0, 0.1) is 5.92 Å². The molecule has 26 heavy (non-hydrogen) atoms. The van der Waals surface area contributed by atoms with Gasteiger partial charge in [-0.25, -0.2) is 0 Å². The maximum absolute atomic E-state index is 11.7. The van der Waals surface area contributed by atoms with Crippen molar-refractivity contribution in [2.75, 3.05) is 6.54 Å². The Kier molecular flexibility index (Phi) is 4.76. The molecule has 2 saturated heterocycles. The average Bonchev–Trinajstić information content (AvgIpc) is 3.36. The van der Waals surface area contributed by atoms with Gasteiger partial charge in [0.2, 0.25) is 11.8 Å². The van der Waals surface area contributed by atoms with Crippen molar-refractivity contribution < 1.29 is 9.32 Å². The molecule has 0 radical (unpaired) electrons. The summed E-state index contributed by atoms with van der Waals surface area (Å²) in [6.07, 6.45) is 3.42. The van der Waals surface area contributed by atoms with E-state index in [4.69, 9.17) is 4.52 Å². The molecule has 1 aromatic heterocycles. The summed E-state index contributed by atoms with van der Waals surface area (Å²) in [4.78, 5) is 18.9. The van der Waals surface area contributed by atoms with Gasteiger partial charge in [-0.2, -0.15) is 4.98 Å². The lowest BCUT2D eigenvalue weighted by Gasteiger charge is -2.24. The van der Waals surface area contributed by atoms with Crippen LogP contribution in [0.1, 0.15) is 62.3 Å². The van der Waals surface area contributed by atoms with E-state index in [1.54, 1.807) is 0 Å². The van der Waals surface area contributed by atoms with Gasteiger partial charge in [0.15, 0.2) is 5.82 Å². The van der Waals surface area contributed by atoms with Crippen LogP contribution in [-0.2, 0) is 11.3 Å². The minimum absolute atomic E-state index is 0.00303. The summed E-state index contributed by atoms with van der Waals surface area (Å²) < 4.78 is 5.40. The number of benzene rings is 1. The number of nitrogens with zero attached hydrogens (tertiary/aromatic N) is 3. The predicted molar refractivity (Wildman–Crippen MR) is 97.3 cm³/mol. The number of aromatic nitrogens is 2. The van der Waals surface area contributed by atoms with Crippen LogP contribution in [0.3, 0.4) is 0 Å². The fourth-order valence-corrected chi connectivity index (χ4v) is 4.30. The Morgan fingerprint density at radius 3 is 2.92 bits per heavy atom. The zero-order valence-corrected chi connectivity index (χ0v) is 15.4. The molecule has 3 heterocycles. The van der Waals surface area contributed by atoms with Gasteiger partial charge in [0.25, 0.3) is 0 Å². The quantitative estimate of drug-likeness (QED) is 0.894. The molecule has 3 atom stereocenters. The van der Waals surface area contributed by atoms with Crippen LogP contribution in [0.4, 0.5) is 0 Å². The van der Waals surface area contributed by atoms with E-state index in [9.17, 15) is 4.79 Å². The van der Waals surface area contributed by atoms with Gasteiger partial charge >= 0.3 is 0 Å². The molecule has 0 bridgehead atoms. The highest BCUT2D eigenvalue weighted by atomic mass is 16.5. The van der Waals surface area contributed by atoms with Crippen molar-refractivity contribution in [2.45, 2.75) is 57.7 Å². The van der Waals surface area contributed by atoms with Crippen LogP contribution in [0.15, 0.2) is 34.9 Å². The Hall–Kier alpha value is -2.21. The third kappa shape index (κ3) is 3.26. The van der Waals surface area contributed by atoms with Gasteiger partial charge in [-0.15, -0.1) is 0 Å². The Morgan fingerprint density at radius 1 is 1.35 bits per heavy atom. The van der Waals surface area contributed by atoms with Crippen molar-refractivity contribution in [3.05, 3.63) is 47.6 Å².